The van der Waals surface area contributed by atoms with Crippen LogP contribution in [0.1, 0.15) is 27.0 Å². The molecule has 0 unspecified atom stereocenters. The quantitative estimate of drug-likeness (QED) is 0.513. The highest BCUT2D eigenvalue weighted by atomic mass is 32.2. The molecule has 5 heteroatoms. The van der Waals surface area contributed by atoms with Crippen LogP contribution in [0.4, 0.5) is 0 Å². The second-order valence-electron chi connectivity index (χ2n) is 5.66. The van der Waals surface area contributed by atoms with Crippen LogP contribution in [0.2, 0.25) is 0 Å². The van der Waals surface area contributed by atoms with Gasteiger partial charge in [0.1, 0.15) is 12.4 Å². The highest BCUT2D eigenvalue weighted by molar-refractivity contribution is 7.99. The minimum absolute atomic E-state index is 0.321. The number of carbonyl (C=O) groups is 1. The minimum atomic E-state index is -0.321. The van der Waals surface area contributed by atoms with Crippen molar-refractivity contribution in [3.8, 4) is 5.75 Å². The average Bonchev–Trinajstić information content (AvgIpc) is 2.79. The lowest BCUT2D eigenvalue weighted by Crippen LogP contribution is -2.09. The Morgan fingerprint density at radius 3 is 2.88 bits per heavy atom. The van der Waals surface area contributed by atoms with E-state index in [2.05, 4.69) is 23.5 Å². The maximum absolute atomic E-state index is 11.7. The van der Waals surface area contributed by atoms with E-state index in [1.54, 1.807) is 6.07 Å². The van der Waals surface area contributed by atoms with Gasteiger partial charge in [0.2, 0.25) is 0 Å². The first kappa shape index (κ1) is 16.9. The van der Waals surface area contributed by atoms with Crippen LogP contribution < -0.4 is 10.1 Å². The summed E-state index contributed by atoms with van der Waals surface area (Å²) < 4.78 is 10.8. The lowest BCUT2D eigenvalue weighted by Gasteiger charge is -2.08. The number of ether oxygens (including phenoxy) is 2. The molecule has 0 radical (unpaired) electrons. The number of benzene rings is 2. The molecule has 1 N–H and O–H groups in total. The summed E-state index contributed by atoms with van der Waals surface area (Å²) in [7, 11) is 3.36. The van der Waals surface area contributed by atoms with Crippen molar-refractivity contribution in [1.82, 2.24) is 5.32 Å². The van der Waals surface area contributed by atoms with Gasteiger partial charge in [-0.2, -0.15) is 0 Å². The molecule has 1 aliphatic rings. The van der Waals surface area contributed by atoms with Crippen molar-refractivity contribution in [1.29, 1.82) is 0 Å². The zero-order valence-electron chi connectivity index (χ0n) is 13.9. The summed E-state index contributed by atoms with van der Waals surface area (Å²) >= 11 is 1.84. The Morgan fingerprint density at radius 1 is 1.21 bits per heavy atom. The van der Waals surface area contributed by atoms with Gasteiger partial charge in [-0.1, -0.05) is 6.07 Å². The standard InChI is InChI=1S/C19H21NO3S/c1-20-7-8-24-17-5-3-13-9-15-10-14(19(21)22-2)4-6-18(15)23-12-16(13)11-17/h3-6,10-11,20H,7-9,12H2,1-2H3. The molecule has 126 valence electrons. The van der Waals surface area contributed by atoms with Crippen molar-refractivity contribution in [2.45, 2.75) is 17.9 Å². The third-order valence-corrected chi connectivity index (χ3v) is 5.04. The Morgan fingerprint density at radius 2 is 2.08 bits per heavy atom. The zero-order chi connectivity index (χ0) is 16.9. The van der Waals surface area contributed by atoms with Gasteiger partial charge in [0.25, 0.3) is 0 Å². The van der Waals surface area contributed by atoms with E-state index in [0.717, 1.165) is 30.0 Å². The van der Waals surface area contributed by atoms with Gasteiger partial charge in [-0.3, -0.25) is 0 Å². The highest BCUT2D eigenvalue weighted by Crippen LogP contribution is 2.31. The molecule has 0 saturated heterocycles. The molecule has 1 aliphatic heterocycles. The predicted octanol–water partition coefficient (Wildman–Crippen LogP) is 3.27. The van der Waals surface area contributed by atoms with E-state index >= 15 is 0 Å². The molecule has 0 atom stereocenters. The molecule has 1 heterocycles. The van der Waals surface area contributed by atoms with E-state index in [4.69, 9.17) is 9.47 Å². The number of thioether (sulfide) groups is 1. The lowest BCUT2D eigenvalue weighted by molar-refractivity contribution is 0.0600. The summed E-state index contributed by atoms with van der Waals surface area (Å²) in [5, 5.41) is 3.16. The number of esters is 1. The first-order valence-corrected chi connectivity index (χ1v) is 8.93. The van der Waals surface area contributed by atoms with Crippen molar-refractivity contribution in [2.75, 3.05) is 26.5 Å². The predicted molar refractivity (Wildman–Crippen MR) is 96.0 cm³/mol. The normalized spacial score (nSPS) is 12.6. The minimum Gasteiger partial charge on any atom is -0.489 e. The monoisotopic (exact) mass is 343 g/mol. The molecule has 3 rings (SSSR count). The summed E-state index contributed by atoms with van der Waals surface area (Å²) in [4.78, 5) is 13.0. The SMILES string of the molecule is CNCCSc1ccc2c(c1)COc1ccc(C(=O)OC)cc1C2. The van der Waals surface area contributed by atoms with Gasteiger partial charge >= 0.3 is 5.97 Å². The van der Waals surface area contributed by atoms with Crippen molar-refractivity contribution in [3.63, 3.8) is 0 Å². The maximum Gasteiger partial charge on any atom is 0.337 e. The van der Waals surface area contributed by atoms with Gasteiger partial charge in [0, 0.05) is 23.6 Å². The molecule has 0 spiro atoms. The smallest absolute Gasteiger partial charge is 0.337 e. The Balaban J connectivity index is 1.83. The van der Waals surface area contributed by atoms with E-state index < -0.39 is 0 Å². The summed E-state index contributed by atoms with van der Waals surface area (Å²) in [5.74, 6) is 1.56. The van der Waals surface area contributed by atoms with Crippen LogP contribution >= 0.6 is 11.8 Å². The molecular formula is C19H21NO3S. The number of carbonyl (C=O) groups excluding carboxylic acids is 1. The first-order valence-electron chi connectivity index (χ1n) is 7.94. The Labute approximate surface area is 146 Å². The van der Waals surface area contributed by atoms with Crippen LogP contribution in [-0.2, 0) is 17.8 Å². The number of methoxy groups -OCH3 is 1. The van der Waals surface area contributed by atoms with Gasteiger partial charge in [0.15, 0.2) is 0 Å². The van der Waals surface area contributed by atoms with Crippen LogP contribution in [0.15, 0.2) is 41.3 Å². The molecule has 0 saturated carbocycles. The molecule has 4 nitrogen and oxygen atoms in total. The van der Waals surface area contributed by atoms with Gasteiger partial charge in [-0.15, -0.1) is 11.8 Å². The van der Waals surface area contributed by atoms with E-state index in [0.29, 0.717) is 12.2 Å². The number of nitrogens with one attached hydrogen (secondary N) is 1. The van der Waals surface area contributed by atoms with Crippen LogP contribution in [0.25, 0.3) is 0 Å². The van der Waals surface area contributed by atoms with Crippen LogP contribution in [0, 0.1) is 0 Å². The fourth-order valence-corrected chi connectivity index (χ4v) is 3.67. The van der Waals surface area contributed by atoms with E-state index in [9.17, 15) is 4.79 Å². The van der Waals surface area contributed by atoms with E-state index in [1.807, 2.05) is 30.9 Å². The molecule has 0 fully saturated rings. The fraction of sp³-hybridized carbons (Fsp3) is 0.316. The molecule has 2 aromatic rings. The van der Waals surface area contributed by atoms with Crippen LogP contribution in [0.3, 0.4) is 0 Å². The molecule has 2 aromatic carbocycles. The number of hydrogen-bond acceptors (Lipinski definition) is 5. The topological polar surface area (TPSA) is 47.6 Å². The van der Waals surface area contributed by atoms with Gasteiger partial charge in [-0.05, 0) is 54.1 Å². The highest BCUT2D eigenvalue weighted by Gasteiger charge is 2.17. The van der Waals surface area contributed by atoms with Crippen molar-refractivity contribution >= 4 is 17.7 Å². The third-order valence-electron chi connectivity index (χ3n) is 4.04. The molecule has 24 heavy (non-hydrogen) atoms. The number of rotatable bonds is 5. The summed E-state index contributed by atoms with van der Waals surface area (Å²) in [6.45, 7) is 1.54. The molecule has 0 bridgehead atoms. The Bertz CT molecular complexity index is 745. The van der Waals surface area contributed by atoms with Crippen molar-refractivity contribution in [3.05, 3.63) is 58.7 Å². The van der Waals surface area contributed by atoms with Gasteiger partial charge in [0.05, 0.1) is 12.7 Å². The van der Waals surface area contributed by atoms with Crippen molar-refractivity contribution in [2.24, 2.45) is 0 Å². The lowest BCUT2D eigenvalue weighted by atomic mass is 9.99. The second kappa shape index (κ2) is 7.73. The van der Waals surface area contributed by atoms with Crippen LogP contribution in [-0.4, -0.2) is 32.4 Å². The van der Waals surface area contributed by atoms with Gasteiger partial charge < -0.3 is 14.8 Å². The Hall–Kier alpha value is -1.98. The molecular weight excluding hydrogens is 322 g/mol. The van der Waals surface area contributed by atoms with E-state index in [1.165, 1.54) is 23.1 Å². The molecule has 0 aromatic heterocycles. The Kier molecular flexibility index (Phi) is 5.43. The maximum atomic E-state index is 11.7. The summed E-state index contributed by atoms with van der Waals surface area (Å²) in [5.41, 5.74) is 4.03. The first-order chi connectivity index (χ1) is 11.7. The summed E-state index contributed by atoms with van der Waals surface area (Å²) in [6, 6.07) is 12.0. The molecule has 0 amide bonds. The third kappa shape index (κ3) is 3.74. The number of hydrogen-bond donors (Lipinski definition) is 1. The van der Waals surface area contributed by atoms with E-state index in [-0.39, 0.29) is 5.97 Å². The average molecular weight is 343 g/mol. The number of fused-ring (bicyclic) bond motifs is 2. The molecule has 0 aliphatic carbocycles. The second-order valence-corrected chi connectivity index (χ2v) is 6.83. The van der Waals surface area contributed by atoms with Crippen LogP contribution in [0.5, 0.6) is 5.75 Å². The largest absolute Gasteiger partial charge is 0.489 e. The zero-order valence-corrected chi connectivity index (χ0v) is 14.7. The fourth-order valence-electron chi connectivity index (χ4n) is 2.73. The van der Waals surface area contributed by atoms with Crippen molar-refractivity contribution < 1.29 is 14.3 Å². The van der Waals surface area contributed by atoms with Gasteiger partial charge in [-0.25, -0.2) is 4.79 Å². The summed E-state index contributed by atoms with van der Waals surface area (Å²) in [6.07, 6.45) is 0.761.